The molecule has 0 aliphatic carbocycles. The van der Waals surface area contributed by atoms with E-state index in [1.54, 1.807) is 0 Å². The number of rotatable bonds is 2. The van der Waals surface area contributed by atoms with Gasteiger partial charge >= 0.3 is 6.03 Å². The summed E-state index contributed by atoms with van der Waals surface area (Å²) in [5.41, 5.74) is 3.27. The number of imide groups is 1. The van der Waals surface area contributed by atoms with Crippen LogP contribution < -0.4 is 5.32 Å². The molecule has 5 nitrogen and oxygen atoms in total. The number of nitrogens with one attached hydrogen (secondary N) is 2. The Bertz CT molecular complexity index is 675. The van der Waals surface area contributed by atoms with E-state index < -0.39 is 6.04 Å². The zero-order chi connectivity index (χ0) is 13.6. The standard InChI is InChI=1S/C14H15N3O2.CH4/c1-8-3-4-11-10(5-8)9(7-15-11)6-12-13(18)17(2)14(19)16-12;/h3-5,7,12,15H,6H2,1-2H3,(H,16,19);1H4/t12-;/m1./s1. The van der Waals surface area contributed by atoms with E-state index in [1.807, 2.05) is 25.3 Å². The predicted molar refractivity (Wildman–Crippen MR) is 78.6 cm³/mol. The van der Waals surface area contributed by atoms with Gasteiger partial charge in [0.05, 0.1) is 0 Å². The summed E-state index contributed by atoms with van der Waals surface area (Å²) in [4.78, 5) is 27.6. The zero-order valence-corrected chi connectivity index (χ0v) is 10.9. The van der Waals surface area contributed by atoms with Crippen LogP contribution in [0.2, 0.25) is 0 Å². The SMILES string of the molecule is C.Cc1ccc2[nH]cc(C[C@H]3NC(=O)N(C)C3=O)c2c1. The Morgan fingerprint density at radius 3 is 2.70 bits per heavy atom. The van der Waals surface area contributed by atoms with E-state index in [9.17, 15) is 9.59 Å². The number of carbonyl (C=O) groups excluding carboxylic acids is 2. The van der Waals surface area contributed by atoms with E-state index in [0.717, 1.165) is 21.4 Å². The molecule has 1 aliphatic rings. The average molecular weight is 273 g/mol. The summed E-state index contributed by atoms with van der Waals surface area (Å²) < 4.78 is 0. The molecule has 3 rings (SSSR count). The van der Waals surface area contributed by atoms with Crippen LogP contribution in [0.25, 0.3) is 10.9 Å². The molecule has 0 radical (unpaired) electrons. The average Bonchev–Trinajstić information content (AvgIpc) is 2.88. The van der Waals surface area contributed by atoms with Crippen LogP contribution >= 0.6 is 0 Å². The van der Waals surface area contributed by atoms with Crippen LogP contribution in [-0.2, 0) is 11.2 Å². The normalized spacial score (nSPS) is 18.3. The molecule has 2 N–H and O–H groups in total. The number of likely N-dealkylation sites (N-methyl/N-ethyl adjacent to an activating group) is 1. The quantitative estimate of drug-likeness (QED) is 0.824. The first-order valence-electron chi connectivity index (χ1n) is 6.21. The highest BCUT2D eigenvalue weighted by molar-refractivity contribution is 6.04. The second-order valence-electron chi connectivity index (χ2n) is 4.97. The van der Waals surface area contributed by atoms with Gasteiger partial charge in [-0.05, 0) is 24.6 Å². The molecule has 0 bridgehead atoms. The number of aromatic nitrogens is 1. The number of fused-ring (bicyclic) bond motifs is 1. The van der Waals surface area contributed by atoms with Crippen molar-refractivity contribution in [3.8, 4) is 0 Å². The van der Waals surface area contributed by atoms with Crippen molar-refractivity contribution in [1.29, 1.82) is 0 Å². The number of benzene rings is 1. The van der Waals surface area contributed by atoms with Gasteiger partial charge in [0.2, 0.25) is 0 Å². The summed E-state index contributed by atoms with van der Waals surface area (Å²) >= 11 is 0. The van der Waals surface area contributed by atoms with Crippen LogP contribution in [0, 0.1) is 6.92 Å². The lowest BCUT2D eigenvalue weighted by molar-refractivity contribution is -0.126. The summed E-state index contributed by atoms with van der Waals surface area (Å²) in [6.07, 6.45) is 2.42. The van der Waals surface area contributed by atoms with Gasteiger partial charge in [-0.15, -0.1) is 0 Å². The summed E-state index contributed by atoms with van der Waals surface area (Å²) in [5.74, 6) is -0.174. The van der Waals surface area contributed by atoms with Gasteiger partial charge in [0, 0.05) is 30.6 Å². The maximum absolute atomic E-state index is 11.9. The van der Waals surface area contributed by atoms with Crippen molar-refractivity contribution in [3.63, 3.8) is 0 Å². The highest BCUT2D eigenvalue weighted by Crippen LogP contribution is 2.22. The fourth-order valence-corrected chi connectivity index (χ4v) is 2.46. The van der Waals surface area contributed by atoms with E-state index in [0.29, 0.717) is 6.42 Å². The van der Waals surface area contributed by atoms with Crippen molar-refractivity contribution in [3.05, 3.63) is 35.5 Å². The second-order valence-corrected chi connectivity index (χ2v) is 4.97. The molecule has 1 aliphatic heterocycles. The molecule has 0 unspecified atom stereocenters. The summed E-state index contributed by atoms with van der Waals surface area (Å²) in [5, 5.41) is 3.80. The summed E-state index contributed by atoms with van der Waals surface area (Å²) in [7, 11) is 1.50. The van der Waals surface area contributed by atoms with Crippen LogP contribution in [0.1, 0.15) is 18.6 Å². The molecule has 1 aromatic heterocycles. The molecule has 1 atom stereocenters. The molecule has 2 aromatic rings. The third kappa shape index (κ3) is 2.15. The van der Waals surface area contributed by atoms with Gasteiger partial charge in [0.1, 0.15) is 6.04 Å². The van der Waals surface area contributed by atoms with Crippen molar-refractivity contribution < 1.29 is 9.59 Å². The number of amides is 3. The first kappa shape index (κ1) is 14.1. The number of carbonyl (C=O) groups is 2. The molecule has 0 spiro atoms. The maximum Gasteiger partial charge on any atom is 0.324 e. The van der Waals surface area contributed by atoms with Crippen LogP contribution in [0.15, 0.2) is 24.4 Å². The maximum atomic E-state index is 11.9. The third-order valence-corrected chi connectivity index (χ3v) is 3.58. The molecular weight excluding hydrogens is 254 g/mol. The van der Waals surface area contributed by atoms with Crippen LogP contribution in [0.3, 0.4) is 0 Å². The van der Waals surface area contributed by atoms with Gasteiger partial charge in [0.15, 0.2) is 0 Å². The lowest BCUT2D eigenvalue weighted by Gasteiger charge is -2.07. The minimum Gasteiger partial charge on any atom is -0.361 e. The lowest BCUT2D eigenvalue weighted by Crippen LogP contribution is -2.31. The largest absolute Gasteiger partial charge is 0.361 e. The fourth-order valence-electron chi connectivity index (χ4n) is 2.46. The number of hydrogen-bond acceptors (Lipinski definition) is 2. The first-order valence-corrected chi connectivity index (χ1v) is 6.21. The number of aromatic amines is 1. The van der Waals surface area contributed by atoms with E-state index in [1.165, 1.54) is 12.6 Å². The molecule has 1 fully saturated rings. The van der Waals surface area contributed by atoms with E-state index in [-0.39, 0.29) is 19.4 Å². The Morgan fingerprint density at radius 2 is 2.05 bits per heavy atom. The molecule has 20 heavy (non-hydrogen) atoms. The Morgan fingerprint density at radius 1 is 1.30 bits per heavy atom. The topological polar surface area (TPSA) is 65.2 Å². The van der Waals surface area contributed by atoms with Crippen molar-refractivity contribution >= 4 is 22.8 Å². The molecule has 106 valence electrons. The monoisotopic (exact) mass is 273 g/mol. The Kier molecular flexibility index (Phi) is 3.53. The zero-order valence-electron chi connectivity index (χ0n) is 10.9. The minimum atomic E-state index is -0.461. The number of hydrogen-bond donors (Lipinski definition) is 2. The lowest BCUT2D eigenvalue weighted by atomic mass is 10.0. The van der Waals surface area contributed by atoms with Crippen LogP contribution in [0.5, 0.6) is 0 Å². The van der Waals surface area contributed by atoms with Crippen molar-refractivity contribution in [1.82, 2.24) is 15.2 Å². The highest BCUT2D eigenvalue weighted by atomic mass is 16.2. The Labute approximate surface area is 118 Å². The molecule has 1 aromatic carbocycles. The van der Waals surface area contributed by atoms with E-state index >= 15 is 0 Å². The molecule has 5 heteroatoms. The number of nitrogens with zero attached hydrogens (tertiary/aromatic N) is 1. The van der Waals surface area contributed by atoms with E-state index in [4.69, 9.17) is 0 Å². The van der Waals surface area contributed by atoms with Crippen molar-refractivity contribution in [2.45, 2.75) is 26.8 Å². The minimum absolute atomic E-state index is 0. The molecule has 1 saturated heterocycles. The molecule has 3 amide bonds. The van der Waals surface area contributed by atoms with Gasteiger partial charge in [0.25, 0.3) is 5.91 Å². The van der Waals surface area contributed by atoms with Gasteiger partial charge in [-0.2, -0.15) is 0 Å². The number of H-pyrrole nitrogens is 1. The van der Waals surface area contributed by atoms with E-state index in [2.05, 4.69) is 16.4 Å². The number of aryl methyl sites for hydroxylation is 1. The summed E-state index contributed by atoms with van der Waals surface area (Å²) in [6.45, 7) is 2.03. The van der Waals surface area contributed by atoms with Gasteiger partial charge in [-0.25, -0.2) is 4.79 Å². The Hall–Kier alpha value is -2.30. The molecular formula is C15H19N3O2. The highest BCUT2D eigenvalue weighted by Gasteiger charge is 2.35. The predicted octanol–water partition coefficient (Wildman–Crippen LogP) is 2.21. The van der Waals surface area contributed by atoms with Gasteiger partial charge in [-0.3, -0.25) is 9.69 Å². The van der Waals surface area contributed by atoms with Crippen molar-refractivity contribution in [2.75, 3.05) is 7.05 Å². The fraction of sp³-hybridized carbons (Fsp3) is 0.333. The van der Waals surface area contributed by atoms with Crippen LogP contribution in [-0.4, -0.2) is 34.9 Å². The van der Waals surface area contributed by atoms with Gasteiger partial charge < -0.3 is 10.3 Å². The summed E-state index contributed by atoms with van der Waals surface area (Å²) in [6, 6.07) is 5.36. The molecule has 0 saturated carbocycles. The molecule has 2 heterocycles. The smallest absolute Gasteiger partial charge is 0.324 e. The van der Waals surface area contributed by atoms with Crippen LogP contribution in [0.4, 0.5) is 4.79 Å². The second kappa shape index (κ2) is 5.00. The van der Waals surface area contributed by atoms with Crippen molar-refractivity contribution in [2.24, 2.45) is 0 Å². The number of urea groups is 1. The third-order valence-electron chi connectivity index (χ3n) is 3.58. The van der Waals surface area contributed by atoms with Gasteiger partial charge in [-0.1, -0.05) is 19.1 Å². The Balaban J connectivity index is 0.00000147. The first-order chi connectivity index (χ1) is 9.06.